The Balaban J connectivity index is 1.92. The molecule has 29 heavy (non-hydrogen) atoms. The lowest BCUT2D eigenvalue weighted by Crippen LogP contribution is -2.61. The van der Waals surface area contributed by atoms with E-state index in [9.17, 15) is 9.59 Å². The maximum absolute atomic E-state index is 13.1. The zero-order valence-corrected chi connectivity index (χ0v) is 17.8. The van der Waals surface area contributed by atoms with Gasteiger partial charge in [-0.05, 0) is 23.6 Å². The van der Waals surface area contributed by atoms with Crippen molar-refractivity contribution >= 4 is 11.8 Å². The second-order valence-corrected chi connectivity index (χ2v) is 7.95. The van der Waals surface area contributed by atoms with Crippen LogP contribution in [0.3, 0.4) is 0 Å². The molecule has 1 heterocycles. The Kier molecular flexibility index (Phi) is 6.38. The molecule has 5 heteroatoms. The van der Waals surface area contributed by atoms with E-state index in [2.05, 4.69) is 43.3 Å². The van der Waals surface area contributed by atoms with Crippen LogP contribution in [0.15, 0.2) is 48.5 Å². The van der Waals surface area contributed by atoms with Gasteiger partial charge >= 0.3 is 0 Å². The summed E-state index contributed by atoms with van der Waals surface area (Å²) in [4.78, 5) is 28.8. The summed E-state index contributed by atoms with van der Waals surface area (Å²) in [7, 11) is 3.47. The summed E-state index contributed by atoms with van der Waals surface area (Å²) in [6.45, 7) is 5.09. The lowest BCUT2D eigenvalue weighted by atomic mass is 9.89. The number of morpholine rings is 1. The van der Waals surface area contributed by atoms with Gasteiger partial charge in [0.1, 0.15) is 0 Å². The summed E-state index contributed by atoms with van der Waals surface area (Å²) < 4.78 is 6.09. The predicted molar refractivity (Wildman–Crippen MR) is 115 cm³/mol. The first kappa shape index (κ1) is 21.1. The van der Waals surface area contributed by atoms with Crippen molar-refractivity contribution in [3.8, 4) is 11.1 Å². The second-order valence-electron chi connectivity index (χ2n) is 7.95. The van der Waals surface area contributed by atoms with Crippen molar-refractivity contribution in [3.05, 3.63) is 59.7 Å². The van der Waals surface area contributed by atoms with Crippen molar-refractivity contribution in [3.63, 3.8) is 0 Å². The molecule has 0 N–H and O–H groups in total. The van der Waals surface area contributed by atoms with Crippen LogP contribution in [0.1, 0.15) is 24.5 Å². The van der Waals surface area contributed by atoms with Gasteiger partial charge in [-0.25, -0.2) is 0 Å². The van der Waals surface area contributed by atoms with Crippen LogP contribution >= 0.6 is 0 Å². The fourth-order valence-electron chi connectivity index (χ4n) is 3.88. The molecule has 2 amide bonds. The topological polar surface area (TPSA) is 49.9 Å². The van der Waals surface area contributed by atoms with Crippen molar-refractivity contribution in [1.82, 2.24) is 9.80 Å². The van der Waals surface area contributed by atoms with Crippen LogP contribution in [0.25, 0.3) is 11.1 Å². The van der Waals surface area contributed by atoms with Gasteiger partial charge in [-0.1, -0.05) is 61.0 Å². The van der Waals surface area contributed by atoms with Crippen LogP contribution in [-0.4, -0.2) is 61.0 Å². The minimum Gasteiger partial charge on any atom is -0.361 e. The number of benzene rings is 2. The van der Waals surface area contributed by atoms with Gasteiger partial charge in [0.2, 0.25) is 5.91 Å². The van der Waals surface area contributed by atoms with Gasteiger partial charge in [-0.15, -0.1) is 0 Å². The molecule has 154 valence electrons. The van der Waals surface area contributed by atoms with Crippen molar-refractivity contribution in [1.29, 1.82) is 0 Å². The number of hydrogen-bond acceptors (Lipinski definition) is 3. The fourth-order valence-corrected chi connectivity index (χ4v) is 3.88. The van der Waals surface area contributed by atoms with E-state index in [0.717, 1.165) is 16.7 Å². The molecule has 1 atom stereocenters. The number of carbonyl (C=O) groups is 2. The molecule has 1 unspecified atom stereocenters. The van der Waals surface area contributed by atoms with Crippen LogP contribution in [0.5, 0.6) is 0 Å². The molecule has 0 spiro atoms. The number of rotatable bonds is 5. The summed E-state index contributed by atoms with van der Waals surface area (Å²) in [5.74, 6) is -0.0514. The Hall–Kier alpha value is -2.66. The van der Waals surface area contributed by atoms with E-state index in [4.69, 9.17) is 4.74 Å². The summed E-state index contributed by atoms with van der Waals surface area (Å²) in [5.41, 5.74) is 3.42. The smallest absolute Gasteiger partial charge is 0.256 e. The maximum atomic E-state index is 13.1. The monoisotopic (exact) mass is 394 g/mol. The highest BCUT2D eigenvalue weighted by Crippen LogP contribution is 2.28. The molecule has 1 aliphatic rings. The number of carbonyl (C=O) groups excluding carboxylic acids is 2. The van der Waals surface area contributed by atoms with Gasteiger partial charge in [-0.3, -0.25) is 9.59 Å². The molecule has 1 aliphatic heterocycles. The van der Waals surface area contributed by atoms with Crippen molar-refractivity contribution in [2.75, 3.05) is 33.8 Å². The Morgan fingerprint density at radius 2 is 1.83 bits per heavy atom. The van der Waals surface area contributed by atoms with Crippen molar-refractivity contribution in [2.24, 2.45) is 0 Å². The quantitative estimate of drug-likeness (QED) is 0.782. The maximum Gasteiger partial charge on any atom is 0.256 e. The number of amides is 2. The molecule has 5 nitrogen and oxygen atoms in total. The van der Waals surface area contributed by atoms with E-state index >= 15 is 0 Å². The molecule has 0 saturated carbocycles. The number of hydrogen-bond donors (Lipinski definition) is 0. The third kappa shape index (κ3) is 4.67. The lowest BCUT2D eigenvalue weighted by molar-refractivity contribution is -0.172. The Labute approximate surface area is 173 Å². The molecule has 1 saturated heterocycles. The Morgan fingerprint density at radius 3 is 2.48 bits per heavy atom. The molecular formula is C24H30N2O3. The van der Waals surface area contributed by atoms with Gasteiger partial charge in [0.25, 0.3) is 5.91 Å². The summed E-state index contributed by atoms with van der Waals surface area (Å²) >= 11 is 0. The molecule has 3 rings (SSSR count). The van der Waals surface area contributed by atoms with Gasteiger partial charge in [0.15, 0.2) is 5.60 Å². The molecule has 0 bridgehead atoms. The molecule has 1 fully saturated rings. The van der Waals surface area contributed by atoms with Crippen LogP contribution in [-0.2, 0) is 20.7 Å². The third-order valence-electron chi connectivity index (χ3n) is 5.44. The molecule has 0 radical (unpaired) electrons. The van der Waals surface area contributed by atoms with Crippen LogP contribution in [0.2, 0.25) is 0 Å². The summed E-state index contributed by atoms with van der Waals surface area (Å²) in [6.07, 6.45) is 0.854. The summed E-state index contributed by atoms with van der Waals surface area (Å²) in [5, 5.41) is 0. The Bertz CT molecular complexity index is 876. The van der Waals surface area contributed by atoms with E-state index < -0.39 is 5.60 Å². The van der Waals surface area contributed by atoms with Gasteiger partial charge in [-0.2, -0.15) is 0 Å². The van der Waals surface area contributed by atoms with E-state index in [1.807, 2.05) is 19.1 Å². The van der Waals surface area contributed by atoms with Gasteiger partial charge in [0.05, 0.1) is 13.2 Å². The predicted octanol–water partition coefficient (Wildman–Crippen LogP) is 3.30. The highest BCUT2D eigenvalue weighted by molar-refractivity contribution is 5.87. The van der Waals surface area contributed by atoms with E-state index in [1.54, 1.807) is 23.9 Å². The van der Waals surface area contributed by atoms with Crippen LogP contribution in [0, 0.1) is 6.92 Å². The Morgan fingerprint density at radius 1 is 1.10 bits per heavy atom. The molecule has 0 aliphatic carbocycles. The molecule has 2 aromatic rings. The number of nitrogens with zero attached hydrogens (tertiary/aromatic N) is 2. The van der Waals surface area contributed by atoms with E-state index in [0.29, 0.717) is 26.0 Å². The fraction of sp³-hybridized carbons (Fsp3) is 0.417. The minimum atomic E-state index is -1.06. The van der Waals surface area contributed by atoms with Gasteiger partial charge in [0, 0.05) is 33.5 Å². The highest BCUT2D eigenvalue weighted by Gasteiger charge is 2.45. The number of ether oxygens (including phenoxy) is 1. The van der Waals surface area contributed by atoms with Crippen molar-refractivity contribution < 1.29 is 14.3 Å². The molecule has 0 aromatic heterocycles. The van der Waals surface area contributed by atoms with Crippen molar-refractivity contribution in [2.45, 2.75) is 32.3 Å². The SMILES string of the molecule is CCC(=O)N1CCOC(Cc2cccc(-c3ccc(C)cc3)c2)(C(=O)N(C)C)C1. The second kappa shape index (κ2) is 8.78. The van der Waals surface area contributed by atoms with Gasteiger partial charge < -0.3 is 14.5 Å². The summed E-state index contributed by atoms with van der Waals surface area (Å²) in [6, 6.07) is 16.6. The minimum absolute atomic E-state index is 0.0534. The zero-order chi connectivity index (χ0) is 21.0. The standard InChI is InChI=1S/C24H30N2O3/c1-5-22(27)26-13-14-29-24(17-26,23(28)25(3)4)16-19-7-6-8-21(15-19)20-11-9-18(2)10-12-20/h6-12,15H,5,13-14,16-17H2,1-4H3. The third-order valence-corrected chi connectivity index (χ3v) is 5.44. The van der Waals surface area contributed by atoms with E-state index in [1.165, 1.54) is 5.56 Å². The zero-order valence-electron chi connectivity index (χ0n) is 17.8. The van der Waals surface area contributed by atoms with Crippen LogP contribution in [0.4, 0.5) is 0 Å². The number of likely N-dealkylation sites (N-methyl/N-ethyl adjacent to an activating group) is 1. The molecular weight excluding hydrogens is 364 g/mol. The highest BCUT2D eigenvalue weighted by atomic mass is 16.5. The average molecular weight is 395 g/mol. The molecule has 2 aromatic carbocycles. The number of aryl methyl sites for hydroxylation is 1. The van der Waals surface area contributed by atoms with E-state index in [-0.39, 0.29) is 18.4 Å². The first-order valence-electron chi connectivity index (χ1n) is 10.1. The average Bonchev–Trinajstić information content (AvgIpc) is 2.73. The lowest BCUT2D eigenvalue weighted by Gasteiger charge is -2.43. The van der Waals surface area contributed by atoms with Crippen LogP contribution < -0.4 is 0 Å². The largest absolute Gasteiger partial charge is 0.361 e. The first-order valence-corrected chi connectivity index (χ1v) is 10.1. The normalized spacial score (nSPS) is 19.1. The first-order chi connectivity index (χ1) is 13.8.